The van der Waals surface area contributed by atoms with Gasteiger partial charge in [-0.2, -0.15) is 0 Å². The molecule has 2 atom stereocenters. The van der Waals surface area contributed by atoms with Gasteiger partial charge in [-0.05, 0) is 20.9 Å². The van der Waals surface area contributed by atoms with Crippen LogP contribution in [0, 0.1) is 0 Å². The third-order valence-corrected chi connectivity index (χ3v) is 1.87. The maximum atomic E-state index is 11.3. The summed E-state index contributed by atoms with van der Waals surface area (Å²) in [6.07, 6.45) is -0.0275. The van der Waals surface area contributed by atoms with Crippen LogP contribution in [0.5, 0.6) is 0 Å². The zero-order valence-corrected chi connectivity index (χ0v) is 9.91. The standard InChI is InChI=1S/C10H21NO4/c1-5-14-10(12)9(11-3)7-15-8(2)6-13-4/h8-9,11H,5-7H2,1-4H3. The molecule has 0 heterocycles. The van der Waals surface area contributed by atoms with Gasteiger partial charge >= 0.3 is 5.97 Å². The van der Waals surface area contributed by atoms with E-state index < -0.39 is 6.04 Å². The third-order valence-electron chi connectivity index (χ3n) is 1.87. The maximum Gasteiger partial charge on any atom is 0.325 e. The monoisotopic (exact) mass is 219 g/mol. The molecule has 0 aliphatic heterocycles. The minimum atomic E-state index is -0.413. The van der Waals surface area contributed by atoms with Crippen molar-refractivity contribution in [1.29, 1.82) is 0 Å². The van der Waals surface area contributed by atoms with E-state index in [4.69, 9.17) is 14.2 Å². The summed E-state index contributed by atoms with van der Waals surface area (Å²) in [5.74, 6) is -0.287. The molecule has 0 bridgehead atoms. The average molecular weight is 219 g/mol. The number of ether oxygens (including phenoxy) is 3. The molecule has 0 aromatic heterocycles. The van der Waals surface area contributed by atoms with Crippen molar-refractivity contribution >= 4 is 5.97 Å². The van der Waals surface area contributed by atoms with Crippen LogP contribution in [0.4, 0.5) is 0 Å². The molecule has 0 rings (SSSR count). The Balaban J connectivity index is 3.83. The predicted octanol–water partition coefficient (Wildman–Crippen LogP) is 0.189. The number of esters is 1. The van der Waals surface area contributed by atoms with Crippen LogP contribution in [0.25, 0.3) is 0 Å². The number of methoxy groups -OCH3 is 1. The van der Waals surface area contributed by atoms with Gasteiger partial charge in [0.05, 0.1) is 25.9 Å². The van der Waals surface area contributed by atoms with E-state index in [1.54, 1.807) is 21.1 Å². The minimum absolute atomic E-state index is 0.0275. The van der Waals surface area contributed by atoms with Crippen molar-refractivity contribution in [2.24, 2.45) is 0 Å². The van der Waals surface area contributed by atoms with Gasteiger partial charge in [-0.15, -0.1) is 0 Å². The van der Waals surface area contributed by atoms with Gasteiger partial charge in [-0.25, -0.2) is 0 Å². The summed E-state index contributed by atoms with van der Waals surface area (Å²) < 4.78 is 15.2. The molecule has 0 aromatic rings. The number of rotatable bonds is 8. The van der Waals surface area contributed by atoms with Gasteiger partial charge in [-0.1, -0.05) is 0 Å². The molecule has 5 nitrogen and oxygen atoms in total. The first-order valence-electron chi connectivity index (χ1n) is 5.10. The number of hydrogen-bond donors (Lipinski definition) is 1. The molecule has 0 saturated heterocycles. The Morgan fingerprint density at radius 2 is 2.07 bits per heavy atom. The largest absolute Gasteiger partial charge is 0.465 e. The summed E-state index contributed by atoms with van der Waals surface area (Å²) in [5, 5.41) is 2.84. The van der Waals surface area contributed by atoms with Crippen molar-refractivity contribution in [3.63, 3.8) is 0 Å². The van der Waals surface area contributed by atoms with Crippen LogP contribution in [-0.4, -0.2) is 52.1 Å². The number of carbonyl (C=O) groups excluding carboxylic acids is 1. The van der Waals surface area contributed by atoms with E-state index in [-0.39, 0.29) is 12.1 Å². The van der Waals surface area contributed by atoms with Gasteiger partial charge in [0.25, 0.3) is 0 Å². The summed E-state index contributed by atoms with van der Waals surface area (Å²) in [6, 6.07) is -0.413. The molecule has 0 radical (unpaired) electrons. The molecule has 5 heteroatoms. The molecule has 1 N–H and O–H groups in total. The molecule has 0 amide bonds. The molecule has 0 aliphatic rings. The van der Waals surface area contributed by atoms with Crippen molar-refractivity contribution in [3.05, 3.63) is 0 Å². The Labute approximate surface area is 91.1 Å². The van der Waals surface area contributed by atoms with Gasteiger partial charge in [0, 0.05) is 7.11 Å². The summed E-state index contributed by atoms with van der Waals surface area (Å²) in [7, 11) is 3.31. The van der Waals surface area contributed by atoms with Crippen molar-refractivity contribution in [2.75, 3.05) is 34.0 Å². The second kappa shape index (κ2) is 8.64. The fourth-order valence-electron chi connectivity index (χ4n) is 1.06. The van der Waals surface area contributed by atoms with E-state index in [1.165, 1.54) is 0 Å². The zero-order chi connectivity index (χ0) is 11.7. The quantitative estimate of drug-likeness (QED) is 0.591. The number of nitrogens with one attached hydrogen (secondary N) is 1. The second-order valence-electron chi connectivity index (χ2n) is 3.19. The lowest BCUT2D eigenvalue weighted by Crippen LogP contribution is -2.40. The first-order valence-corrected chi connectivity index (χ1v) is 5.10. The summed E-state index contributed by atoms with van der Waals surface area (Å²) in [6.45, 7) is 4.85. The van der Waals surface area contributed by atoms with E-state index in [0.717, 1.165) is 0 Å². The summed E-state index contributed by atoms with van der Waals surface area (Å²) >= 11 is 0. The van der Waals surface area contributed by atoms with Crippen LogP contribution in [-0.2, 0) is 19.0 Å². The first kappa shape index (κ1) is 14.3. The van der Waals surface area contributed by atoms with Gasteiger partial charge in [0.1, 0.15) is 6.04 Å². The minimum Gasteiger partial charge on any atom is -0.465 e. The highest BCUT2D eigenvalue weighted by Crippen LogP contribution is 1.96. The highest BCUT2D eigenvalue weighted by atomic mass is 16.5. The molecule has 0 spiro atoms. The predicted molar refractivity (Wildman–Crippen MR) is 56.8 cm³/mol. The molecule has 90 valence electrons. The molecule has 0 fully saturated rings. The molecular weight excluding hydrogens is 198 g/mol. The van der Waals surface area contributed by atoms with Crippen LogP contribution in [0.1, 0.15) is 13.8 Å². The van der Waals surface area contributed by atoms with Gasteiger partial charge < -0.3 is 19.5 Å². The van der Waals surface area contributed by atoms with Gasteiger partial charge in [-0.3, -0.25) is 4.79 Å². The van der Waals surface area contributed by atoms with E-state index in [9.17, 15) is 4.79 Å². The Bertz CT molecular complexity index is 175. The molecule has 0 saturated carbocycles. The molecule has 0 aliphatic carbocycles. The maximum absolute atomic E-state index is 11.3. The highest BCUT2D eigenvalue weighted by Gasteiger charge is 2.18. The third kappa shape index (κ3) is 6.43. The molecule has 2 unspecified atom stereocenters. The van der Waals surface area contributed by atoms with Gasteiger partial charge in [0.15, 0.2) is 0 Å². The fraction of sp³-hybridized carbons (Fsp3) is 0.900. The number of likely N-dealkylation sites (N-methyl/N-ethyl adjacent to an activating group) is 1. The number of hydrogen-bond acceptors (Lipinski definition) is 5. The van der Waals surface area contributed by atoms with Crippen molar-refractivity contribution in [2.45, 2.75) is 26.0 Å². The topological polar surface area (TPSA) is 56.8 Å². The lowest BCUT2D eigenvalue weighted by molar-refractivity contribution is -0.148. The van der Waals surface area contributed by atoms with E-state index in [0.29, 0.717) is 19.8 Å². The number of carbonyl (C=O) groups is 1. The second-order valence-corrected chi connectivity index (χ2v) is 3.19. The van der Waals surface area contributed by atoms with Crippen LogP contribution >= 0.6 is 0 Å². The lowest BCUT2D eigenvalue weighted by Gasteiger charge is -2.18. The summed E-state index contributed by atoms with van der Waals surface area (Å²) in [5.41, 5.74) is 0. The zero-order valence-electron chi connectivity index (χ0n) is 9.91. The van der Waals surface area contributed by atoms with Crippen LogP contribution < -0.4 is 5.32 Å². The summed E-state index contributed by atoms with van der Waals surface area (Å²) in [4.78, 5) is 11.3. The SMILES string of the molecule is CCOC(=O)C(COC(C)COC)NC. The van der Waals surface area contributed by atoms with Gasteiger partial charge in [0.2, 0.25) is 0 Å². The average Bonchev–Trinajstić information content (AvgIpc) is 2.19. The van der Waals surface area contributed by atoms with Crippen LogP contribution in [0.3, 0.4) is 0 Å². The fourth-order valence-corrected chi connectivity index (χ4v) is 1.06. The first-order chi connectivity index (χ1) is 7.15. The Morgan fingerprint density at radius 1 is 1.40 bits per heavy atom. The van der Waals surface area contributed by atoms with Crippen molar-refractivity contribution in [1.82, 2.24) is 5.32 Å². The normalized spacial score (nSPS) is 14.7. The lowest BCUT2D eigenvalue weighted by atomic mass is 10.3. The highest BCUT2D eigenvalue weighted by molar-refractivity contribution is 5.75. The Hall–Kier alpha value is -0.650. The van der Waals surface area contributed by atoms with E-state index >= 15 is 0 Å². The smallest absolute Gasteiger partial charge is 0.325 e. The van der Waals surface area contributed by atoms with E-state index in [2.05, 4.69) is 5.32 Å². The Morgan fingerprint density at radius 3 is 2.53 bits per heavy atom. The van der Waals surface area contributed by atoms with Crippen LogP contribution in [0.2, 0.25) is 0 Å². The molecular formula is C10H21NO4. The van der Waals surface area contributed by atoms with E-state index in [1.807, 2.05) is 6.92 Å². The molecule has 0 aromatic carbocycles. The van der Waals surface area contributed by atoms with Crippen LogP contribution in [0.15, 0.2) is 0 Å². The van der Waals surface area contributed by atoms with Crippen molar-refractivity contribution in [3.8, 4) is 0 Å². The Kier molecular flexibility index (Phi) is 8.27. The van der Waals surface area contributed by atoms with Crippen molar-refractivity contribution < 1.29 is 19.0 Å². The molecule has 15 heavy (non-hydrogen) atoms.